The van der Waals surface area contributed by atoms with E-state index in [0.717, 1.165) is 95.6 Å². The monoisotopic (exact) mass is 1090 g/mol. The van der Waals surface area contributed by atoms with Crippen LogP contribution >= 0.6 is 0 Å². The molecule has 0 spiro atoms. The van der Waals surface area contributed by atoms with Gasteiger partial charge in [-0.3, -0.25) is 9.55 Å². The van der Waals surface area contributed by atoms with Crippen LogP contribution in [-0.4, -0.2) is 19.6 Å². The molecule has 0 atom stereocenters. The summed E-state index contributed by atoms with van der Waals surface area (Å²) in [6, 6.07) is 59.4. The van der Waals surface area contributed by atoms with Gasteiger partial charge in [0.2, 0.25) is 0 Å². The summed E-state index contributed by atoms with van der Waals surface area (Å²) >= 11 is 0. The third kappa shape index (κ3) is 9.79. The van der Waals surface area contributed by atoms with Crippen LogP contribution in [0.2, 0.25) is 0 Å². The number of pyridine rings is 1. The Kier molecular flexibility index (Phi) is 13.3. The number of aromatic nitrogens is 3. The first-order chi connectivity index (χ1) is 32.7. The zero-order chi connectivity index (χ0) is 49.0. The predicted octanol–water partition coefficient (Wildman–Crippen LogP) is 17.3. The number of para-hydroxylation sites is 1. The Morgan fingerprint density at radius 2 is 1.23 bits per heavy atom. The van der Waals surface area contributed by atoms with Crippen LogP contribution in [-0.2, 0) is 37.3 Å². The van der Waals surface area contributed by atoms with Crippen LogP contribution in [0.1, 0.15) is 112 Å². The molecule has 1 N–H and O–H groups in total. The topological polar surface area (TPSA) is 50.9 Å². The molecule has 352 valence electrons. The molecule has 0 saturated heterocycles. The second-order valence-electron chi connectivity index (χ2n) is 21.3. The first-order valence-electron chi connectivity index (χ1n) is 24.5. The van der Waals surface area contributed by atoms with Crippen LogP contribution in [0.15, 0.2) is 164 Å². The number of imidazole rings is 1. The summed E-state index contributed by atoms with van der Waals surface area (Å²) in [5.74, 6) is 0.222. The van der Waals surface area contributed by atoms with Crippen LogP contribution < -0.4 is 0 Å². The van der Waals surface area contributed by atoms with Gasteiger partial charge in [0.05, 0.1) is 22.3 Å². The van der Waals surface area contributed by atoms with Gasteiger partial charge in [0.25, 0.3) is 0 Å². The van der Waals surface area contributed by atoms with Crippen molar-refractivity contribution in [1.29, 1.82) is 0 Å². The SMILES string of the molecule is [2H]C(C)(C)c1ccc(-c2ccnc(-c3[c-]c(-c4cccc5c4nc(-c4cc(C(C)(C)C)cc(C(C)(C)C)c4O)n5-c4ccc(C(C)(C)CC)cc4-c4ccccc4)cc(-c4ccccc4)c3)c2)cc1.[Pt]. The molecule has 0 aliphatic carbocycles. The van der Waals surface area contributed by atoms with E-state index in [1.54, 1.807) is 0 Å². The number of fused-ring (bicyclic) bond motifs is 1. The van der Waals surface area contributed by atoms with Gasteiger partial charge >= 0.3 is 0 Å². The van der Waals surface area contributed by atoms with Crippen LogP contribution in [0.5, 0.6) is 5.75 Å². The molecule has 0 fully saturated rings. The van der Waals surface area contributed by atoms with E-state index in [1.807, 2.05) is 44.3 Å². The summed E-state index contributed by atoms with van der Waals surface area (Å²) < 4.78 is 10.8. The van der Waals surface area contributed by atoms with Crippen LogP contribution in [0.4, 0.5) is 0 Å². The fourth-order valence-electron chi connectivity index (χ4n) is 9.16. The van der Waals surface area contributed by atoms with Gasteiger partial charge in [0.1, 0.15) is 11.6 Å². The molecule has 69 heavy (non-hydrogen) atoms. The summed E-state index contributed by atoms with van der Waals surface area (Å²) in [5, 5.41) is 12.6. The molecule has 2 aromatic heterocycles. The molecule has 0 amide bonds. The van der Waals surface area contributed by atoms with Crippen molar-refractivity contribution < 1.29 is 27.5 Å². The predicted molar refractivity (Wildman–Crippen MR) is 287 cm³/mol. The average Bonchev–Trinajstić information content (AvgIpc) is 3.73. The zero-order valence-corrected chi connectivity index (χ0v) is 44.2. The van der Waals surface area contributed by atoms with Gasteiger partial charge in [0, 0.05) is 45.5 Å². The second-order valence-corrected chi connectivity index (χ2v) is 21.3. The van der Waals surface area contributed by atoms with Crippen molar-refractivity contribution in [2.24, 2.45) is 0 Å². The van der Waals surface area contributed by atoms with E-state index in [0.29, 0.717) is 11.4 Å². The Bertz CT molecular complexity index is 3330. The summed E-state index contributed by atoms with van der Waals surface area (Å²) in [4.78, 5) is 10.6. The molecule has 7 aromatic carbocycles. The summed E-state index contributed by atoms with van der Waals surface area (Å²) in [5.41, 5.74) is 16.9. The molecule has 5 heteroatoms. The maximum Gasteiger partial charge on any atom is 0.148 e. The number of phenolic OH excluding ortho intramolecular Hbond substituents is 1. The Balaban J connectivity index is 0.00000659. The van der Waals surface area contributed by atoms with Crippen molar-refractivity contribution in [2.75, 3.05) is 0 Å². The number of hydrogen-bond donors (Lipinski definition) is 1. The zero-order valence-electron chi connectivity index (χ0n) is 42.9. The van der Waals surface area contributed by atoms with Crippen molar-refractivity contribution in [3.63, 3.8) is 0 Å². The fourth-order valence-corrected chi connectivity index (χ4v) is 9.16. The number of rotatable bonds is 10. The Labute approximate surface area is 426 Å². The molecule has 0 radical (unpaired) electrons. The van der Waals surface area contributed by atoms with E-state index in [4.69, 9.17) is 11.3 Å². The van der Waals surface area contributed by atoms with Gasteiger partial charge in [-0.15, -0.1) is 23.8 Å². The first kappa shape index (κ1) is 47.7. The summed E-state index contributed by atoms with van der Waals surface area (Å²) in [6.07, 6.45) is 2.86. The van der Waals surface area contributed by atoms with Gasteiger partial charge in [-0.2, -0.15) is 0 Å². The number of nitrogens with zero attached hydrogens (tertiary/aromatic N) is 3. The van der Waals surface area contributed by atoms with Crippen LogP contribution in [0.25, 0.3) is 83.9 Å². The quantitative estimate of drug-likeness (QED) is 0.139. The average molecular weight is 1090 g/mol. The van der Waals surface area contributed by atoms with E-state index in [2.05, 4.69) is 206 Å². The third-order valence-electron chi connectivity index (χ3n) is 13.8. The van der Waals surface area contributed by atoms with Crippen molar-refractivity contribution >= 4 is 11.0 Å². The maximum atomic E-state index is 12.6. The van der Waals surface area contributed by atoms with Crippen molar-refractivity contribution in [1.82, 2.24) is 14.5 Å². The third-order valence-corrected chi connectivity index (χ3v) is 13.8. The minimum absolute atomic E-state index is 0. The van der Waals surface area contributed by atoms with E-state index in [1.165, 1.54) is 5.56 Å². The number of aromatic hydroxyl groups is 1. The molecule has 0 saturated carbocycles. The van der Waals surface area contributed by atoms with E-state index in [9.17, 15) is 5.11 Å². The first-order valence-corrected chi connectivity index (χ1v) is 24.0. The van der Waals surface area contributed by atoms with Crippen molar-refractivity contribution in [3.05, 3.63) is 192 Å². The normalized spacial score (nSPS) is 12.5. The maximum absolute atomic E-state index is 12.6. The van der Waals surface area contributed by atoms with Crippen LogP contribution in [0, 0.1) is 6.07 Å². The van der Waals surface area contributed by atoms with Crippen molar-refractivity contribution in [3.8, 4) is 78.6 Å². The molecular weight excluding hydrogens is 1020 g/mol. The molecular formula is C64H64N3OPt-. The Morgan fingerprint density at radius 3 is 1.87 bits per heavy atom. The minimum Gasteiger partial charge on any atom is -0.507 e. The molecule has 0 aliphatic rings. The molecule has 9 aromatic rings. The molecule has 0 bridgehead atoms. The second kappa shape index (κ2) is 19.2. The van der Waals surface area contributed by atoms with Gasteiger partial charge in [-0.25, -0.2) is 4.98 Å². The van der Waals surface area contributed by atoms with Gasteiger partial charge < -0.3 is 5.11 Å². The smallest absolute Gasteiger partial charge is 0.148 e. The molecule has 4 nitrogen and oxygen atoms in total. The Morgan fingerprint density at radius 1 is 0.594 bits per heavy atom. The van der Waals surface area contributed by atoms with E-state index in [-0.39, 0.29) is 43.1 Å². The molecule has 0 aliphatic heterocycles. The standard InChI is InChI=1S/C64H64N3O.Pt/c1-12-64(10,11)50-30-31-57(53(38-50)45-22-17-14-18-23-45)67-58-25-19-24-52(59(58)66-61(67)54-39-51(62(4,5)6)40-55(60(54)68)63(7,8)9)48-34-47(43-20-15-13-16-21-43)35-49(36-48)56-37-46(32-33-65-56)44-28-26-42(27-29-44)41(2)3;/h13-35,37-41,68H,12H2,1-11H3;/q-1;/i41D;. The van der Waals surface area contributed by atoms with Gasteiger partial charge in [0.15, 0.2) is 0 Å². The largest absolute Gasteiger partial charge is 0.507 e. The molecule has 0 unspecified atom stereocenters. The number of hydrogen-bond acceptors (Lipinski definition) is 3. The summed E-state index contributed by atoms with van der Waals surface area (Å²) in [6.45, 7) is 23.9. The van der Waals surface area contributed by atoms with E-state index < -0.39 is 5.89 Å². The number of phenols is 1. The van der Waals surface area contributed by atoms with Crippen LogP contribution in [0.3, 0.4) is 0 Å². The Hall–Kier alpha value is -6.35. The fraction of sp³-hybridized carbons (Fsp3) is 0.250. The van der Waals surface area contributed by atoms with Crippen molar-refractivity contribution in [2.45, 2.75) is 105 Å². The number of benzene rings is 7. The molecule has 9 rings (SSSR count). The van der Waals surface area contributed by atoms with Gasteiger partial charge in [-0.1, -0.05) is 208 Å². The summed E-state index contributed by atoms with van der Waals surface area (Å²) in [7, 11) is 0. The van der Waals surface area contributed by atoms with E-state index >= 15 is 0 Å². The minimum atomic E-state index is -0.683. The van der Waals surface area contributed by atoms with Gasteiger partial charge in [-0.05, 0) is 97.8 Å². The molecule has 2 heterocycles.